The molecule has 0 aromatic heterocycles. The summed E-state index contributed by atoms with van der Waals surface area (Å²) >= 11 is 3.38. The van der Waals surface area contributed by atoms with Crippen LogP contribution in [0.15, 0.2) is 22.3 Å². The van der Waals surface area contributed by atoms with Crippen molar-refractivity contribution in [1.82, 2.24) is 5.32 Å². The van der Waals surface area contributed by atoms with Crippen LogP contribution in [0.4, 0.5) is 0 Å². The van der Waals surface area contributed by atoms with Crippen molar-refractivity contribution in [2.24, 2.45) is 0 Å². The van der Waals surface area contributed by atoms with Crippen LogP contribution in [0.5, 0.6) is 11.5 Å². The van der Waals surface area contributed by atoms with E-state index >= 15 is 0 Å². The van der Waals surface area contributed by atoms with Crippen LogP contribution in [0.3, 0.4) is 0 Å². The molecule has 0 spiro atoms. The predicted molar refractivity (Wildman–Crippen MR) is 85.9 cm³/mol. The summed E-state index contributed by atoms with van der Waals surface area (Å²) in [6.07, 6.45) is 2.20. The number of carbonyl (C=O) groups is 2. The summed E-state index contributed by atoms with van der Waals surface area (Å²) in [5, 5.41) is 11.4. The number of halogens is 1. The molecular weight excluding hydrogens is 354 g/mol. The molecule has 1 aromatic carbocycles. The van der Waals surface area contributed by atoms with Gasteiger partial charge in [-0.3, -0.25) is 4.79 Å². The first-order valence-electron chi connectivity index (χ1n) is 6.62. The molecule has 0 unspecified atom stereocenters. The van der Waals surface area contributed by atoms with Crippen LogP contribution in [-0.2, 0) is 9.59 Å². The van der Waals surface area contributed by atoms with Gasteiger partial charge in [0.25, 0.3) is 0 Å². The monoisotopic (exact) mass is 371 g/mol. The number of carboxylic acid groups (broad SMARTS) is 1. The molecule has 0 aliphatic carbocycles. The lowest BCUT2D eigenvalue weighted by Gasteiger charge is -2.13. The van der Waals surface area contributed by atoms with Gasteiger partial charge in [-0.15, -0.1) is 0 Å². The number of rotatable bonds is 7. The molecule has 0 aliphatic rings. The zero-order valence-electron chi connectivity index (χ0n) is 12.6. The van der Waals surface area contributed by atoms with Crippen LogP contribution in [0.1, 0.15) is 25.8 Å². The number of benzene rings is 1. The molecule has 1 aromatic rings. The minimum Gasteiger partial charge on any atom is -0.493 e. The van der Waals surface area contributed by atoms with E-state index in [1.54, 1.807) is 12.1 Å². The molecule has 0 heterocycles. The summed E-state index contributed by atoms with van der Waals surface area (Å²) in [5.41, 5.74) is 0.336. The second-order valence-electron chi connectivity index (χ2n) is 4.43. The molecule has 120 valence electrons. The molecule has 1 amide bonds. The first-order chi connectivity index (χ1) is 10.4. The number of hydrogen-bond acceptors (Lipinski definition) is 4. The average Bonchev–Trinajstić information content (AvgIpc) is 2.44. The molecule has 0 radical (unpaired) electrons. The number of hydrogen-bond donors (Lipinski definition) is 2. The summed E-state index contributed by atoms with van der Waals surface area (Å²) in [5.74, 6) is -0.654. The van der Waals surface area contributed by atoms with Crippen LogP contribution in [0.2, 0.25) is 0 Å². The van der Waals surface area contributed by atoms with Crippen LogP contribution in [0, 0.1) is 0 Å². The maximum Gasteiger partial charge on any atom is 0.352 e. The van der Waals surface area contributed by atoms with Gasteiger partial charge in [0.15, 0.2) is 11.5 Å². The van der Waals surface area contributed by atoms with Gasteiger partial charge in [0.2, 0.25) is 5.91 Å². The van der Waals surface area contributed by atoms with Crippen molar-refractivity contribution in [3.63, 3.8) is 0 Å². The largest absolute Gasteiger partial charge is 0.493 e. The van der Waals surface area contributed by atoms with Crippen LogP contribution >= 0.6 is 15.9 Å². The third kappa shape index (κ3) is 5.07. The van der Waals surface area contributed by atoms with Crippen molar-refractivity contribution >= 4 is 33.9 Å². The highest BCUT2D eigenvalue weighted by Crippen LogP contribution is 2.37. The summed E-state index contributed by atoms with van der Waals surface area (Å²) < 4.78 is 11.5. The van der Waals surface area contributed by atoms with Crippen molar-refractivity contribution in [3.05, 3.63) is 27.9 Å². The molecule has 0 aliphatic heterocycles. The molecule has 2 N–H and O–H groups in total. The van der Waals surface area contributed by atoms with Crippen molar-refractivity contribution in [2.45, 2.75) is 20.3 Å². The van der Waals surface area contributed by atoms with Crippen LogP contribution in [0.25, 0.3) is 6.08 Å². The number of carbonyl (C=O) groups excluding carboxylic acids is 1. The van der Waals surface area contributed by atoms with Gasteiger partial charge in [0.1, 0.15) is 5.70 Å². The lowest BCUT2D eigenvalue weighted by Crippen LogP contribution is -2.24. The fourth-order valence-electron chi connectivity index (χ4n) is 1.67. The predicted octanol–water partition coefficient (Wildman–Crippen LogP) is 2.81. The highest BCUT2D eigenvalue weighted by molar-refractivity contribution is 9.10. The number of ether oxygens (including phenoxy) is 2. The fourth-order valence-corrected chi connectivity index (χ4v) is 2.25. The van der Waals surface area contributed by atoms with Gasteiger partial charge < -0.3 is 19.9 Å². The Balaban J connectivity index is 3.22. The van der Waals surface area contributed by atoms with E-state index < -0.39 is 11.9 Å². The van der Waals surface area contributed by atoms with Gasteiger partial charge in [-0.05, 0) is 46.1 Å². The first-order valence-corrected chi connectivity index (χ1v) is 7.41. The molecule has 7 heteroatoms. The van der Waals surface area contributed by atoms with Crippen molar-refractivity contribution < 1.29 is 24.2 Å². The Labute approximate surface area is 137 Å². The normalized spacial score (nSPS) is 11.0. The zero-order valence-corrected chi connectivity index (χ0v) is 14.2. The van der Waals surface area contributed by atoms with E-state index in [1.807, 2.05) is 6.92 Å². The van der Waals surface area contributed by atoms with Crippen molar-refractivity contribution in [1.29, 1.82) is 0 Å². The topological polar surface area (TPSA) is 84.9 Å². The maximum absolute atomic E-state index is 11.1. The Morgan fingerprint density at radius 3 is 2.59 bits per heavy atom. The SMILES string of the molecule is CCCOc1c(Br)cc(C=C(NC(C)=O)C(=O)O)cc1OC. The van der Waals surface area contributed by atoms with Crippen molar-refractivity contribution in [2.75, 3.05) is 13.7 Å². The molecule has 0 bridgehead atoms. The lowest BCUT2D eigenvalue weighted by molar-refractivity contribution is -0.134. The Morgan fingerprint density at radius 1 is 1.41 bits per heavy atom. The molecule has 0 fully saturated rings. The minimum atomic E-state index is -1.23. The summed E-state index contributed by atoms with van der Waals surface area (Å²) in [7, 11) is 1.50. The number of methoxy groups -OCH3 is 1. The number of aliphatic carboxylic acids is 1. The van der Waals surface area contributed by atoms with E-state index in [0.717, 1.165) is 6.42 Å². The first kappa shape index (κ1) is 18.0. The van der Waals surface area contributed by atoms with E-state index in [4.69, 9.17) is 14.6 Å². The Kier molecular flexibility index (Phi) is 6.91. The zero-order chi connectivity index (χ0) is 16.7. The summed E-state index contributed by atoms with van der Waals surface area (Å²) in [6.45, 7) is 3.77. The van der Waals surface area contributed by atoms with Gasteiger partial charge >= 0.3 is 5.97 Å². The highest BCUT2D eigenvalue weighted by atomic mass is 79.9. The van der Waals surface area contributed by atoms with E-state index in [-0.39, 0.29) is 5.70 Å². The second-order valence-corrected chi connectivity index (χ2v) is 5.28. The van der Waals surface area contributed by atoms with Gasteiger partial charge in [0.05, 0.1) is 18.2 Å². The quantitative estimate of drug-likeness (QED) is 0.719. The molecular formula is C15H18BrNO5. The summed E-state index contributed by atoms with van der Waals surface area (Å²) in [6, 6.07) is 3.33. The molecule has 1 rings (SSSR count). The third-order valence-electron chi connectivity index (χ3n) is 2.55. The fraction of sp³-hybridized carbons (Fsp3) is 0.333. The molecule has 0 saturated carbocycles. The minimum absolute atomic E-state index is 0.219. The van der Waals surface area contributed by atoms with Crippen LogP contribution < -0.4 is 14.8 Å². The number of carboxylic acids is 1. The molecule has 6 nitrogen and oxygen atoms in total. The molecule has 22 heavy (non-hydrogen) atoms. The van der Waals surface area contributed by atoms with E-state index in [2.05, 4.69) is 21.2 Å². The third-order valence-corrected chi connectivity index (χ3v) is 3.14. The maximum atomic E-state index is 11.1. The van der Waals surface area contributed by atoms with E-state index in [9.17, 15) is 9.59 Å². The Bertz CT molecular complexity index is 598. The standard InChI is InChI=1S/C15H18BrNO5/c1-4-5-22-14-11(16)6-10(8-13(14)21-3)7-12(15(19)20)17-9(2)18/h6-8H,4-5H2,1-3H3,(H,17,18)(H,19,20). The second kappa shape index (κ2) is 8.43. The van der Waals surface area contributed by atoms with Gasteiger partial charge in [-0.2, -0.15) is 0 Å². The number of nitrogens with one attached hydrogen (secondary N) is 1. The van der Waals surface area contributed by atoms with Gasteiger partial charge in [-0.1, -0.05) is 6.92 Å². The molecule has 0 atom stereocenters. The Morgan fingerprint density at radius 2 is 2.09 bits per heavy atom. The highest BCUT2D eigenvalue weighted by Gasteiger charge is 2.13. The Hall–Kier alpha value is -2.02. The van der Waals surface area contributed by atoms with Gasteiger partial charge in [0, 0.05) is 6.92 Å². The van der Waals surface area contributed by atoms with E-state index in [0.29, 0.717) is 28.1 Å². The lowest BCUT2D eigenvalue weighted by atomic mass is 10.1. The van der Waals surface area contributed by atoms with Crippen molar-refractivity contribution in [3.8, 4) is 11.5 Å². The number of amides is 1. The average molecular weight is 372 g/mol. The smallest absolute Gasteiger partial charge is 0.352 e. The molecule has 0 saturated heterocycles. The van der Waals surface area contributed by atoms with E-state index in [1.165, 1.54) is 20.1 Å². The summed E-state index contributed by atoms with van der Waals surface area (Å²) in [4.78, 5) is 22.2. The van der Waals surface area contributed by atoms with Crippen LogP contribution in [-0.4, -0.2) is 30.7 Å². The van der Waals surface area contributed by atoms with Gasteiger partial charge in [-0.25, -0.2) is 4.79 Å².